The zero-order chi connectivity index (χ0) is 71.6. The van der Waals surface area contributed by atoms with Gasteiger partial charge in [-0.3, -0.25) is 24.1 Å². The maximum Gasteiger partial charge on any atom is 0.379 e. The summed E-state index contributed by atoms with van der Waals surface area (Å²) in [4.78, 5) is 120. The van der Waals surface area contributed by atoms with Crippen LogP contribution in [0.15, 0.2) is 257 Å². The van der Waals surface area contributed by atoms with Gasteiger partial charge in [0.1, 0.15) is 45.1 Å². The molecule has 2 aliphatic rings. The van der Waals surface area contributed by atoms with Crippen molar-refractivity contribution in [3.05, 3.63) is 314 Å². The number of ether oxygens (including phenoxy) is 4. The number of aryl methyl sites for hydroxylation is 2. The molecule has 2 amide bonds. The molecule has 11 aromatic rings. The molecule has 2 aliphatic heterocycles. The van der Waals surface area contributed by atoms with Gasteiger partial charge in [-0.05, 0) is 82.1 Å². The standard InChI is InChI=1S/C77H59Cl2N9O12S3/c1-46-38-58(96-61(89)41-78)59(97-62(90)42-79)40-56(46)72(93)100-86-63(57-45-103-76(81-57)84-77(53-32-18-7-19-33-53,54-34-20-8-21-35-54)55-36-22-9-23-37-55)69(91)82-64-70(92)87-65(73(94)98-66(48-24-10-3-11-25-48)49-26-12-4-13-27-49)52(44-102-71(64)87)43-101-60-39-47(2)80-75-83-68(85-88(60)75)74(95)99-67(50-28-14-5-15-29-50)51-30-16-6-17-31-51/h3-40,45,64,66-67,71H,41-44H2,1-2H3,(H,81,84)(H,82,91)/b86-63-/t64-,71-/m1/s1. The minimum absolute atomic E-state index is 0.0620. The number of alkyl halides is 2. The van der Waals surface area contributed by atoms with E-state index in [-0.39, 0.29) is 57.1 Å². The van der Waals surface area contributed by atoms with Crippen LogP contribution in [0.2, 0.25) is 0 Å². The highest BCUT2D eigenvalue weighted by Crippen LogP contribution is 2.45. The van der Waals surface area contributed by atoms with Crippen molar-refractivity contribution in [2.45, 2.75) is 48.0 Å². The molecule has 21 nitrogen and oxygen atoms in total. The van der Waals surface area contributed by atoms with Crippen LogP contribution >= 0.6 is 58.1 Å². The summed E-state index contributed by atoms with van der Waals surface area (Å²) in [6.07, 6.45) is -1.72. The highest BCUT2D eigenvalue weighted by atomic mass is 35.5. The Morgan fingerprint density at radius 3 is 1.61 bits per heavy atom. The van der Waals surface area contributed by atoms with Crippen LogP contribution in [0.3, 0.4) is 0 Å². The number of esters is 4. The number of hydrogen-bond acceptors (Lipinski definition) is 21. The molecule has 2 atom stereocenters. The molecule has 3 aromatic heterocycles. The van der Waals surface area contributed by atoms with Gasteiger partial charge in [0.2, 0.25) is 0 Å². The SMILES string of the molecule is Cc1cc(SCC2=C(C(=O)OC(c3ccccc3)c3ccccc3)N3C(=O)[C@@H](NC(=O)/C(=N\OC(=O)c4cc(OC(=O)CCl)c(OC(=O)CCl)cc4C)c4csc(NC(c5ccccc5)(c5ccccc5)c5ccccc5)n4)[C@H]3SC2)n2nc(C(=O)OC(c3ccccc3)c3ccccc3)nc2n1. The highest BCUT2D eigenvalue weighted by Gasteiger charge is 2.55. The normalized spacial score (nSPS) is 14.3. The summed E-state index contributed by atoms with van der Waals surface area (Å²) in [5.74, 6) is -8.03. The van der Waals surface area contributed by atoms with Crippen LogP contribution in [-0.2, 0) is 43.8 Å². The van der Waals surface area contributed by atoms with Crippen molar-refractivity contribution in [2.75, 3.05) is 28.6 Å². The number of thioether (sulfide) groups is 2. The zero-order valence-corrected chi connectivity index (χ0v) is 58.6. The van der Waals surface area contributed by atoms with Crippen LogP contribution in [0.4, 0.5) is 5.13 Å². The summed E-state index contributed by atoms with van der Waals surface area (Å²) in [6.45, 7) is 3.25. The number of carbonyl (C=O) groups is 7. The lowest BCUT2D eigenvalue weighted by atomic mass is 9.77. The van der Waals surface area contributed by atoms with Crippen LogP contribution in [0.1, 0.15) is 89.1 Å². The number of amides is 2. The topological polar surface area (TPSA) is 261 Å². The van der Waals surface area contributed by atoms with Crippen LogP contribution in [0.5, 0.6) is 11.5 Å². The number of oxime groups is 1. The maximum absolute atomic E-state index is 15.4. The molecule has 516 valence electrons. The summed E-state index contributed by atoms with van der Waals surface area (Å²) in [7, 11) is 0. The van der Waals surface area contributed by atoms with Crippen molar-refractivity contribution < 1.29 is 57.3 Å². The number of rotatable bonds is 25. The molecule has 0 saturated carbocycles. The number of aromatic nitrogens is 5. The number of hydrogen-bond donors (Lipinski definition) is 2. The Morgan fingerprint density at radius 2 is 1.11 bits per heavy atom. The second-order valence-corrected chi connectivity index (χ2v) is 26.9. The van der Waals surface area contributed by atoms with Gasteiger partial charge in [0.05, 0.1) is 5.56 Å². The smallest absolute Gasteiger partial charge is 0.379 e. The highest BCUT2D eigenvalue weighted by molar-refractivity contribution is 8.01. The fourth-order valence-electron chi connectivity index (χ4n) is 11.9. The van der Waals surface area contributed by atoms with E-state index in [0.717, 1.165) is 45.2 Å². The Morgan fingerprint density at radius 1 is 0.621 bits per heavy atom. The molecule has 13 rings (SSSR count). The number of anilines is 1. The average molecular weight is 1470 g/mol. The predicted molar refractivity (Wildman–Crippen MR) is 390 cm³/mol. The van der Waals surface area contributed by atoms with E-state index in [4.69, 9.17) is 52.0 Å². The molecular weight excluding hydrogens is 1410 g/mol. The third kappa shape index (κ3) is 15.3. The lowest BCUT2D eigenvalue weighted by Crippen LogP contribution is -2.71. The number of halogens is 2. The zero-order valence-electron chi connectivity index (χ0n) is 54.7. The van der Waals surface area contributed by atoms with E-state index in [1.54, 1.807) is 13.0 Å². The fourth-order valence-corrected chi connectivity index (χ4v) is 15.2. The third-order valence-electron chi connectivity index (χ3n) is 16.6. The van der Waals surface area contributed by atoms with Crippen molar-refractivity contribution >= 4 is 116 Å². The predicted octanol–water partition coefficient (Wildman–Crippen LogP) is 13.2. The van der Waals surface area contributed by atoms with E-state index >= 15 is 14.4 Å². The minimum Gasteiger partial charge on any atom is -0.448 e. The molecule has 0 radical (unpaired) electrons. The Hall–Kier alpha value is -11.3. The van der Waals surface area contributed by atoms with Crippen LogP contribution in [0.25, 0.3) is 5.78 Å². The lowest BCUT2D eigenvalue weighted by molar-refractivity contribution is -0.154. The van der Waals surface area contributed by atoms with E-state index in [2.05, 4.69) is 30.9 Å². The van der Waals surface area contributed by atoms with Gasteiger partial charge in [-0.1, -0.05) is 217 Å². The molecule has 0 spiro atoms. The Kier molecular flexibility index (Phi) is 21.6. The average Bonchev–Trinajstić information content (AvgIpc) is 0.951. The van der Waals surface area contributed by atoms with Crippen LogP contribution in [0, 0.1) is 13.8 Å². The van der Waals surface area contributed by atoms with Gasteiger partial charge in [0, 0.05) is 22.6 Å². The largest absolute Gasteiger partial charge is 0.448 e. The number of β-lactam (4-membered cyclic amide) rings is 1. The van der Waals surface area contributed by atoms with Crippen molar-refractivity contribution in [1.29, 1.82) is 0 Å². The molecule has 2 N–H and O–H groups in total. The minimum atomic E-state index is -1.32. The van der Waals surface area contributed by atoms with Crippen molar-refractivity contribution in [3.8, 4) is 11.5 Å². The number of fused-ring (bicyclic) bond motifs is 2. The Bertz CT molecular complexity index is 4870. The first-order chi connectivity index (χ1) is 50.2. The monoisotopic (exact) mass is 1470 g/mol. The summed E-state index contributed by atoms with van der Waals surface area (Å²) in [6, 6.07) is 68.9. The first-order valence-corrected chi connectivity index (χ1v) is 36.0. The number of carbonyl (C=O) groups excluding carboxylic acids is 7. The summed E-state index contributed by atoms with van der Waals surface area (Å²) >= 11 is 15.2. The molecule has 0 bridgehead atoms. The van der Waals surface area contributed by atoms with E-state index < -0.39 is 88.3 Å². The van der Waals surface area contributed by atoms with E-state index in [9.17, 15) is 19.2 Å². The number of thiazole rings is 1. The Labute approximate surface area is 612 Å². The molecule has 1 saturated heterocycles. The van der Waals surface area contributed by atoms with Crippen molar-refractivity contribution in [1.82, 2.24) is 34.8 Å². The second kappa shape index (κ2) is 31.7. The molecule has 8 aromatic carbocycles. The van der Waals surface area contributed by atoms with Crippen LogP contribution in [-0.4, -0.2) is 112 Å². The number of nitrogens with one attached hydrogen (secondary N) is 2. The van der Waals surface area contributed by atoms with E-state index in [0.29, 0.717) is 32.6 Å². The number of benzene rings is 8. The van der Waals surface area contributed by atoms with E-state index in [1.807, 2.05) is 212 Å². The molecular formula is C77H59Cl2N9O12S3. The summed E-state index contributed by atoms with van der Waals surface area (Å²) in [5.41, 5.74) is 4.49. The molecule has 5 heterocycles. The maximum atomic E-state index is 15.4. The first-order valence-electron chi connectivity index (χ1n) is 32.0. The van der Waals surface area contributed by atoms with Gasteiger partial charge in [0.25, 0.3) is 23.4 Å². The van der Waals surface area contributed by atoms with Gasteiger partial charge in [0.15, 0.2) is 34.6 Å². The molecule has 26 heteroatoms. The lowest BCUT2D eigenvalue weighted by Gasteiger charge is -2.49. The van der Waals surface area contributed by atoms with E-state index in [1.165, 1.54) is 51.3 Å². The Balaban J connectivity index is 0.838. The second-order valence-electron chi connectivity index (χ2n) is 23.4. The van der Waals surface area contributed by atoms with Crippen molar-refractivity contribution in [3.63, 3.8) is 0 Å². The molecule has 103 heavy (non-hydrogen) atoms. The van der Waals surface area contributed by atoms with Gasteiger partial charge < -0.3 is 34.4 Å². The molecule has 1 fully saturated rings. The molecule has 0 aliphatic carbocycles. The van der Waals surface area contributed by atoms with Crippen LogP contribution < -0.4 is 20.1 Å². The summed E-state index contributed by atoms with van der Waals surface area (Å²) < 4.78 is 24.7. The van der Waals surface area contributed by atoms with Gasteiger partial charge >= 0.3 is 29.8 Å². The van der Waals surface area contributed by atoms with Gasteiger partial charge in [-0.15, -0.1) is 63.2 Å². The molecule has 0 unspecified atom stereocenters. The number of nitrogens with zero attached hydrogens (tertiary/aromatic N) is 7. The first kappa shape index (κ1) is 70.2. The van der Waals surface area contributed by atoms with Gasteiger partial charge in [-0.2, -0.15) is 9.50 Å². The summed E-state index contributed by atoms with van der Waals surface area (Å²) in [5, 5.41) is 16.7. The van der Waals surface area contributed by atoms with Crippen molar-refractivity contribution in [2.24, 2.45) is 5.16 Å². The van der Waals surface area contributed by atoms with Gasteiger partial charge in [-0.25, -0.2) is 24.4 Å². The fraction of sp³-hybridized carbons (Fsp3) is 0.143. The quantitative estimate of drug-likeness (QED) is 0.00515. The third-order valence-corrected chi connectivity index (χ3v) is 20.3.